The van der Waals surface area contributed by atoms with Gasteiger partial charge in [0, 0.05) is 47.0 Å². The van der Waals surface area contributed by atoms with Gasteiger partial charge in [0.1, 0.15) is 6.33 Å². The first-order chi connectivity index (χ1) is 19.2. The molecule has 1 amide bonds. The Balaban J connectivity index is 1.23. The number of benzene rings is 2. The highest BCUT2D eigenvalue weighted by molar-refractivity contribution is 7.08. The summed E-state index contributed by atoms with van der Waals surface area (Å²) < 4.78 is 7.45. The number of rotatable bonds is 7. The minimum atomic E-state index is -0.0427. The number of hydrogen-bond donors (Lipinski definition) is 2. The van der Waals surface area contributed by atoms with Gasteiger partial charge in [-0.05, 0) is 60.7 Å². The lowest BCUT2D eigenvalue weighted by atomic mass is 10.1. The van der Waals surface area contributed by atoms with Crippen LogP contribution >= 0.6 is 11.3 Å². The molecule has 0 radical (unpaired) electrons. The predicted octanol–water partition coefficient (Wildman–Crippen LogP) is 5.02. The predicted molar refractivity (Wildman–Crippen MR) is 153 cm³/mol. The molecular weight excluding hydrogens is 510 g/mol. The summed E-state index contributed by atoms with van der Waals surface area (Å²) in [5, 5.41) is 10.6. The molecule has 2 aromatic carbocycles. The fourth-order valence-corrected chi connectivity index (χ4v) is 5.31. The summed E-state index contributed by atoms with van der Waals surface area (Å²) in [6.45, 7) is 3.29. The zero-order valence-electron chi connectivity index (χ0n) is 21.2. The van der Waals surface area contributed by atoms with Gasteiger partial charge in [0.2, 0.25) is 0 Å². The normalized spacial score (nSPS) is 15.4. The van der Waals surface area contributed by atoms with Crippen LogP contribution in [-0.2, 0) is 4.74 Å². The number of carbonyl (C=O) groups is 1. The number of morpholine rings is 1. The molecule has 39 heavy (non-hydrogen) atoms. The van der Waals surface area contributed by atoms with Gasteiger partial charge in [0.15, 0.2) is 22.8 Å². The van der Waals surface area contributed by atoms with E-state index in [1.165, 1.54) is 5.69 Å². The lowest BCUT2D eigenvalue weighted by molar-refractivity contribution is 0.0951. The summed E-state index contributed by atoms with van der Waals surface area (Å²) in [5.41, 5.74) is 5.93. The molecule has 0 spiro atoms. The van der Waals surface area contributed by atoms with Crippen molar-refractivity contribution in [1.82, 2.24) is 24.8 Å². The molecule has 10 heteroatoms. The van der Waals surface area contributed by atoms with E-state index in [-0.39, 0.29) is 5.91 Å². The Labute approximate surface area is 229 Å². The Morgan fingerprint density at radius 1 is 0.949 bits per heavy atom. The van der Waals surface area contributed by atoms with Gasteiger partial charge in [-0.3, -0.25) is 9.36 Å². The topological polar surface area (TPSA) is 97.2 Å². The molecule has 7 rings (SSSR count). The Kier molecular flexibility index (Phi) is 6.18. The molecule has 196 valence electrons. The minimum Gasteiger partial charge on any atom is -0.378 e. The second-order valence-corrected chi connectivity index (χ2v) is 10.5. The van der Waals surface area contributed by atoms with Crippen LogP contribution in [0, 0.1) is 0 Å². The van der Waals surface area contributed by atoms with Crippen LogP contribution in [0.5, 0.6) is 0 Å². The first-order valence-electron chi connectivity index (χ1n) is 13.1. The van der Waals surface area contributed by atoms with Crippen LogP contribution in [0.25, 0.3) is 28.2 Å². The van der Waals surface area contributed by atoms with Crippen molar-refractivity contribution < 1.29 is 9.53 Å². The van der Waals surface area contributed by atoms with Gasteiger partial charge in [-0.2, -0.15) is 11.3 Å². The van der Waals surface area contributed by atoms with Gasteiger partial charge in [-0.15, -0.1) is 0 Å². The van der Waals surface area contributed by atoms with E-state index in [1.54, 1.807) is 17.7 Å². The van der Waals surface area contributed by atoms with E-state index >= 15 is 0 Å². The highest BCUT2D eigenvalue weighted by Gasteiger charge is 2.24. The Morgan fingerprint density at radius 3 is 2.46 bits per heavy atom. The zero-order valence-corrected chi connectivity index (χ0v) is 22.0. The second-order valence-electron chi connectivity index (χ2n) is 9.76. The molecule has 5 aromatic rings. The van der Waals surface area contributed by atoms with E-state index in [2.05, 4.69) is 50.2 Å². The minimum absolute atomic E-state index is 0.0427. The first-order valence-corrected chi connectivity index (χ1v) is 14.0. The number of fused-ring (bicyclic) bond motifs is 1. The average molecular weight is 538 g/mol. The fraction of sp³-hybridized carbons (Fsp3) is 0.241. The van der Waals surface area contributed by atoms with Crippen LogP contribution in [0.1, 0.15) is 23.2 Å². The molecule has 2 fully saturated rings. The van der Waals surface area contributed by atoms with Crippen molar-refractivity contribution >= 4 is 45.6 Å². The Hall–Kier alpha value is -4.28. The number of anilines is 3. The first kappa shape index (κ1) is 23.8. The summed E-state index contributed by atoms with van der Waals surface area (Å²) in [5.74, 6) is 1.14. The van der Waals surface area contributed by atoms with Crippen LogP contribution in [0.2, 0.25) is 0 Å². The number of nitrogens with zero attached hydrogens (tertiary/aromatic N) is 5. The maximum absolute atomic E-state index is 12.5. The molecule has 4 heterocycles. The van der Waals surface area contributed by atoms with Crippen molar-refractivity contribution in [2.45, 2.75) is 18.9 Å². The van der Waals surface area contributed by atoms with Crippen molar-refractivity contribution in [3.8, 4) is 17.1 Å². The summed E-state index contributed by atoms with van der Waals surface area (Å²) in [6, 6.07) is 18.1. The van der Waals surface area contributed by atoms with Crippen LogP contribution in [0.4, 0.5) is 17.2 Å². The van der Waals surface area contributed by atoms with Crippen LogP contribution in [-0.4, -0.2) is 57.8 Å². The number of aromatic nitrogens is 4. The molecule has 3 aromatic heterocycles. The van der Waals surface area contributed by atoms with Gasteiger partial charge >= 0.3 is 0 Å². The van der Waals surface area contributed by atoms with E-state index in [0.29, 0.717) is 34.4 Å². The van der Waals surface area contributed by atoms with Crippen molar-refractivity contribution in [3.05, 3.63) is 77.2 Å². The summed E-state index contributed by atoms with van der Waals surface area (Å²) in [6.07, 6.45) is 3.89. The highest BCUT2D eigenvalue weighted by atomic mass is 32.1. The summed E-state index contributed by atoms with van der Waals surface area (Å²) in [4.78, 5) is 29.3. The monoisotopic (exact) mass is 537 g/mol. The summed E-state index contributed by atoms with van der Waals surface area (Å²) in [7, 11) is 0. The van der Waals surface area contributed by atoms with Gasteiger partial charge < -0.3 is 20.3 Å². The maximum atomic E-state index is 12.5. The summed E-state index contributed by atoms with van der Waals surface area (Å²) >= 11 is 1.62. The van der Waals surface area contributed by atoms with Crippen molar-refractivity contribution in [2.24, 2.45) is 0 Å². The SMILES string of the molecule is O=C(NC1CC1)c1ccc(-c2nc(Nc3ccc(N4CCOCC4)cc3)c3ncn(-c4ccsc4)c3n2)cc1. The maximum Gasteiger partial charge on any atom is 0.251 e. The number of nitrogens with one attached hydrogen (secondary N) is 2. The standard InChI is InChI=1S/C29H27N7O2S/c37-29(32-22-5-6-22)20-3-1-19(2-4-20)26-33-27(25-28(34-26)36(18-30-25)24-11-16-39-17-24)31-21-7-9-23(10-8-21)35-12-14-38-15-13-35/h1-4,7-11,16-18,22H,5-6,12-15H2,(H,32,37)(H,31,33,34). The van der Waals surface area contributed by atoms with Crippen LogP contribution in [0.3, 0.4) is 0 Å². The van der Waals surface area contributed by atoms with Crippen molar-refractivity contribution in [2.75, 3.05) is 36.5 Å². The lowest BCUT2D eigenvalue weighted by Gasteiger charge is -2.28. The molecule has 2 N–H and O–H groups in total. The second kappa shape index (κ2) is 10.1. The number of carbonyl (C=O) groups excluding carboxylic acids is 1. The molecular formula is C29H27N7O2S. The highest BCUT2D eigenvalue weighted by Crippen LogP contribution is 2.30. The van der Waals surface area contributed by atoms with Gasteiger partial charge in [-0.1, -0.05) is 12.1 Å². The molecule has 0 unspecified atom stereocenters. The van der Waals surface area contributed by atoms with E-state index < -0.39 is 0 Å². The van der Waals surface area contributed by atoms with Crippen LogP contribution in [0.15, 0.2) is 71.7 Å². The number of hydrogen-bond acceptors (Lipinski definition) is 8. The van der Waals surface area contributed by atoms with Gasteiger partial charge in [-0.25, -0.2) is 15.0 Å². The van der Waals surface area contributed by atoms with Crippen LogP contribution < -0.4 is 15.5 Å². The van der Waals surface area contributed by atoms with Crippen molar-refractivity contribution in [3.63, 3.8) is 0 Å². The molecule has 0 atom stereocenters. The molecule has 1 aliphatic carbocycles. The average Bonchev–Trinajstić information content (AvgIpc) is 3.43. The molecule has 1 saturated heterocycles. The number of imidazole rings is 1. The van der Waals surface area contributed by atoms with Gasteiger partial charge in [0.25, 0.3) is 5.91 Å². The molecule has 2 aliphatic rings. The van der Waals surface area contributed by atoms with E-state index in [9.17, 15) is 4.79 Å². The number of amides is 1. The third kappa shape index (κ3) is 4.96. The van der Waals surface area contributed by atoms with Gasteiger partial charge in [0.05, 0.1) is 18.9 Å². The van der Waals surface area contributed by atoms with E-state index in [1.807, 2.05) is 40.3 Å². The third-order valence-electron chi connectivity index (χ3n) is 7.00. The van der Waals surface area contributed by atoms with E-state index in [4.69, 9.17) is 14.7 Å². The smallest absolute Gasteiger partial charge is 0.251 e. The quantitative estimate of drug-likeness (QED) is 0.301. The fourth-order valence-electron chi connectivity index (χ4n) is 4.68. The third-order valence-corrected chi connectivity index (χ3v) is 7.68. The van der Waals surface area contributed by atoms with Crippen molar-refractivity contribution in [1.29, 1.82) is 0 Å². The number of thiophene rings is 1. The molecule has 1 aliphatic heterocycles. The molecule has 0 bridgehead atoms. The Bertz CT molecular complexity index is 1600. The van der Waals surface area contributed by atoms with E-state index in [0.717, 1.165) is 56.1 Å². The molecule has 9 nitrogen and oxygen atoms in total. The lowest BCUT2D eigenvalue weighted by Crippen LogP contribution is -2.36. The largest absolute Gasteiger partial charge is 0.378 e. The Morgan fingerprint density at radius 2 is 1.74 bits per heavy atom. The molecule has 1 saturated carbocycles. The number of ether oxygens (including phenoxy) is 1. The zero-order chi connectivity index (χ0) is 26.2.